The summed E-state index contributed by atoms with van der Waals surface area (Å²) in [5.74, 6) is -0.0130. The van der Waals surface area contributed by atoms with Crippen molar-refractivity contribution in [3.05, 3.63) is 0 Å². The number of amides is 1. The van der Waals surface area contributed by atoms with Crippen LogP contribution in [-0.4, -0.2) is 37.7 Å². The van der Waals surface area contributed by atoms with Gasteiger partial charge in [-0.3, -0.25) is 9.79 Å². The van der Waals surface area contributed by atoms with Crippen LogP contribution in [0.1, 0.15) is 19.8 Å². The Morgan fingerprint density at radius 2 is 2.27 bits per heavy atom. The summed E-state index contributed by atoms with van der Waals surface area (Å²) in [5, 5.41) is 0. The van der Waals surface area contributed by atoms with Crippen LogP contribution in [0.4, 0.5) is 0 Å². The molecule has 0 radical (unpaired) electrons. The van der Waals surface area contributed by atoms with Crippen molar-refractivity contribution in [2.45, 2.75) is 19.8 Å². The average Bonchev–Trinajstić information content (AvgIpc) is 2.00. The zero-order chi connectivity index (χ0) is 8.69. The highest BCUT2D eigenvalue weighted by Gasteiger charge is 2.02. The normalized spacial score (nSPS) is 10.5. The Morgan fingerprint density at radius 1 is 1.64 bits per heavy atom. The van der Waals surface area contributed by atoms with E-state index in [0.717, 1.165) is 19.4 Å². The molecule has 0 aromatic rings. The van der Waals surface area contributed by atoms with E-state index in [1.807, 2.05) is 0 Å². The predicted octanol–water partition coefficient (Wildman–Crippen LogP) is 0.946. The van der Waals surface area contributed by atoms with Crippen molar-refractivity contribution in [1.29, 1.82) is 0 Å². The second-order valence-electron chi connectivity index (χ2n) is 2.50. The maximum atomic E-state index is 11.0. The quantitative estimate of drug-likeness (QED) is 0.558. The van der Waals surface area contributed by atoms with Gasteiger partial charge in [0.15, 0.2) is 0 Å². The largest absolute Gasteiger partial charge is 0.341 e. The van der Waals surface area contributed by atoms with Crippen molar-refractivity contribution < 1.29 is 4.79 Å². The Hall–Kier alpha value is -0.860. The average molecular weight is 156 g/mol. The SMILES string of the molecule is CCCCN(C)C(=O)C=NC. The highest BCUT2D eigenvalue weighted by Crippen LogP contribution is 1.90. The first-order valence-corrected chi connectivity index (χ1v) is 3.89. The van der Waals surface area contributed by atoms with Gasteiger partial charge in [-0.2, -0.15) is 0 Å². The number of carbonyl (C=O) groups excluding carboxylic acids is 1. The van der Waals surface area contributed by atoms with Crippen LogP contribution in [0.2, 0.25) is 0 Å². The first-order chi connectivity index (χ1) is 5.22. The summed E-state index contributed by atoms with van der Waals surface area (Å²) in [6.45, 7) is 2.92. The zero-order valence-corrected chi connectivity index (χ0v) is 7.50. The molecule has 0 unspecified atom stereocenters. The molecule has 0 heterocycles. The summed E-state index contributed by atoms with van der Waals surface area (Å²) < 4.78 is 0. The third-order valence-corrected chi connectivity index (χ3v) is 1.46. The monoisotopic (exact) mass is 156 g/mol. The molecule has 0 aromatic carbocycles. The molecule has 64 valence electrons. The van der Waals surface area contributed by atoms with Crippen LogP contribution in [0.5, 0.6) is 0 Å². The minimum Gasteiger partial charge on any atom is -0.341 e. The van der Waals surface area contributed by atoms with Crippen molar-refractivity contribution in [2.75, 3.05) is 20.6 Å². The first kappa shape index (κ1) is 10.1. The fraction of sp³-hybridized carbons (Fsp3) is 0.750. The lowest BCUT2D eigenvalue weighted by Crippen LogP contribution is -2.28. The van der Waals surface area contributed by atoms with Crippen LogP contribution in [0, 0.1) is 0 Å². The molecule has 0 aliphatic carbocycles. The van der Waals surface area contributed by atoms with Crippen molar-refractivity contribution in [2.24, 2.45) is 4.99 Å². The number of unbranched alkanes of at least 4 members (excludes halogenated alkanes) is 1. The summed E-state index contributed by atoms with van der Waals surface area (Å²) in [6, 6.07) is 0. The molecule has 0 aromatic heterocycles. The van der Waals surface area contributed by atoms with Gasteiger partial charge in [0.1, 0.15) is 0 Å². The molecule has 11 heavy (non-hydrogen) atoms. The van der Waals surface area contributed by atoms with Crippen molar-refractivity contribution >= 4 is 12.1 Å². The third-order valence-electron chi connectivity index (χ3n) is 1.46. The van der Waals surface area contributed by atoms with E-state index in [1.165, 1.54) is 6.21 Å². The topological polar surface area (TPSA) is 32.7 Å². The lowest BCUT2D eigenvalue weighted by molar-refractivity contribution is -0.122. The van der Waals surface area contributed by atoms with Gasteiger partial charge in [0.25, 0.3) is 5.91 Å². The number of nitrogens with zero attached hydrogens (tertiary/aromatic N) is 2. The van der Waals surface area contributed by atoms with Crippen LogP contribution in [-0.2, 0) is 4.79 Å². The molecule has 0 atom stereocenters. The molecule has 0 rings (SSSR count). The fourth-order valence-electron chi connectivity index (χ4n) is 0.714. The van der Waals surface area contributed by atoms with Crippen LogP contribution < -0.4 is 0 Å². The highest BCUT2D eigenvalue weighted by atomic mass is 16.2. The minimum atomic E-state index is -0.0130. The van der Waals surface area contributed by atoms with Crippen LogP contribution in [0.25, 0.3) is 0 Å². The standard InChI is InChI=1S/C8H16N2O/c1-4-5-6-10(3)8(11)7-9-2/h7H,4-6H2,1-3H3. The van der Waals surface area contributed by atoms with Gasteiger partial charge in [-0.1, -0.05) is 13.3 Å². The van der Waals surface area contributed by atoms with Crippen LogP contribution >= 0.6 is 0 Å². The molecule has 0 spiro atoms. The maximum Gasteiger partial charge on any atom is 0.264 e. The van der Waals surface area contributed by atoms with Crippen molar-refractivity contribution in [3.8, 4) is 0 Å². The summed E-state index contributed by atoms with van der Waals surface area (Å²) in [5.41, 5.74) is 0. The molecular weight excluding hydrogens is 140 g/mol. The van der Waals surface area contributed by atoms with E-state index in [2.05, 4.69) is 11.9 Å². The Morgan fingerprint density at radius 3 is 2.73 bits per heavy atom. The van der Waals surface area contributed by atoms with Gasteiger partial charge in [0.2, 0.25) is 0 Å². The van der Waals surface area contributed by atoms with Gasteiger partial charge in [-0.15, -0.1) is 0 Å². The van der Waals surface area contributed by atoms with Crippen LogP contribution in [0.15, 0.2) is 4.99 Å². The Kier molecular flexibility index (Phi) is 5.43. The zero-order valence-electron chi connectivity index (χ0n) is 7.50. The molecular formula is C8H16N2O. The molecule has 3 heteroatoms. The van der Waals surface area contributed by atoms with Gasteiger partial charge in [0, 0.05) is 20.6 Å². The Balaban J connectivity index is 3.64. The molecule has 1 amide bonds. The number of hydrogen-bond acceptors (Lipinski definition) is 2. The minimum absolute atomic E-state index is 0.0130. The Bertz CT molecular complexity index is 143. The molecule has 0 aliphatic rings. The first-order valence-electron chi connectivity index (χ1n) is 3.89. The molecule has 0 saturated heterocycles. The highest BCUT2D eigenvalue weighted by molar-refractivity contribution is 6.25. The second-order valence-corrected chi connectivity index (χ2v) is 2.50. The number of aliphatic imine (C=N–C) groups is 1. The van der Waals surface area contributed by atoms with Gasteiger partial charge >= 0.3 is 0 Å². The van der Waals surface area contributed by atoms with Crippen molar-refractivity contribution in [1.82, 2.24) is 4.90 Å². The summed E-state index contributed by atoms with van der Waals surface area (Å²) >= 11 is 0. The number of rotatable bonds is 4. The van der Waals surface area contributed by atoms with Crippen molar-refractivity contribution in [3.63, 3.8) is 0 Å². The summed E-state index contributed by atoms with van der Waals surface area (Å²) in [6.07, 6.45) is 3.51. The molecule has 0 bridgehead atoms. The third kappa shape index (κ3) is 4.53. The summed E-state index contributed by atoms with van der Waals surface area (Å²) in [4.78, 5) is 16.4. The molecule has 0 aliphatic heterocycles. The molecule has 0 fully saturated rings. The van der Waals surface area contributed by atoms with Gasteiger partial charge in [-0.25, -0.2) is 0 Å². The Labute approximate surface area is 68.1 Å². The van der Waals surface area contributed by atoms with Crippen LogP contribution in [0.3, 0.4) is 0 Å². The van der Waals surface area contributed by atoms with E-state index < -0.39 is 0 Å². The lowest BCUT2D eigenvalue weighted by atomic mass is 10.3. The fourth-order valence-corrected chi connectivity index (χ4v) is 0.714. The van der Waals surface area contributed by atoms with Gasteiger partial charge in [0.05, 0.1) is 6.21 Å². The molecule has 0 N–H and O–H groups in total. The van der Waals surface area contributed by atoms with E-state index in [4.69, 9.17) is 0 Å². The lowest BCUT2D eigenvalue weighted by Gasteiger charge is -2.13. The van der Waals surface area contributed by atoms with E-state index >= 15 is 0 Å². The van der Waals surface area contributed by atoms with E-state index in [-0.39, 0.29) is 5.91 Å². The second kappa shape index (κ2) is 5.89. The smallest absolute Gasteiger partial charge is 0.264 e. The van der Waals surface area contributed by atoms with Gasteiger partial charge < -0.3 is 4.90 Å². The molecule has 3 nitrogen and oxygen atoms in total. The maximum absolute atomic E-state index is 11.0. The van der Waals surface area contributed by atoms with E-state index in [1.54, 1.807) is 19.0 Å². The number of hydrogen-bond donors (Lipinski definition) is 0. The number of carbonyl (C=O) groups is 1. The molecule has 0 saturated carbocycles. The summed E-state index contributed by atoms with van der Waals surface area (Å²) in [7, 11) is 3.39. The van der Waals surface area contributed by atoms with E-state index in [0.29, 0.717) is 0 Å². The van der Waals surface area contributed by atoms with E-state index in [9.17, 15) is 4.79 Å². The van der Waals surface area contributed by atoms with Gasteiger partial charge in [-0.05, 0) is 6.42 Å². The predicted molar refractivity (Wildman–Crippen MR) is 47.0 cm³/mol.